The maximum absolute atomic E-state index is 6.01. The Hall–Kier alpha value is -0.760. The highest BCUT2D eigenvalue weighted by molar-refractivity contribution is 5.36. The van der Waals surface area contributed by atoms with E-state index in [0.29, 0.717) is 12.0 Å². The van der Waals surface area contributed by atoms with Crippen LogP contribution in [0.4, 0.5) is 0 Å². The van der Waals surface area contributed by atoms with Crippen LogP contribution in [0.15, 0.2) is 10.5 Å². The van der Waals surface area contributed by atoms with Crippen molar-refractivity contribution < 1.29 is 4.42 Å². The quantitative estimate of drug-likeness (QED) is 0.718. The van der Waals surface area contributed by atoms with Crippen LogP contribution in [0, 0.1) is 19.3 Å². The van der Waals surface area contributed by atoms with E-state index in [1.807, 2.05) is 13.8 Å². The summed E-state index contributed by atoms with van der Waals surface area (Å²) >= 11 is 0. The van der Waals surface area contributed by atoms with E-state index in [1.165, 1.54) is 5.56 Å². The Balaban J connectivity index is 2.34. The monoisotopic (exact) mass is 179 g/mol. The van der Waals surface area contributed by atoms with Crippen molar-refractivity contribution in [3.8, 4) is 0 Å². The molecule has 2 rings (SSSR count). The lowest BCUT2D eigenvalue weighted by Crippen LogP contribution is -2.06. The highest BCUT2D eigenvalue weighted by Gasteiger charge is 2.57. The lowest BCUT2D eigenvalue weighted by molar-refractivity contribution is 0.498. The molecule has 1 saturated carbocycles. The summed E-state index contributed by atoms with van der Waals surface area (Å²) < 4.78 is 5.50. The van der Waals surface area contributed by atoms with Crippen molar-refractivity contribution in [2.75, 3.05) is 0 Å². The Morgan fingerprint density at radius 3 is 2.23 bits per heavy atom. The van der Waals surface area contributed by atoms with Crippen LogP contribution >= 0.6 is 0 Å². The molecule has 0 bridgehead atoms. The van der Waals surface area contributed by atoms with Crippen molar-refractivity contribution >= 4 is 0 Å². The van der Waals surface area contributed by atoms with Crippen LogP contribution in [0.25, 0.3) is 0 Å². The fourth-order valence-electron chi connectivity index (χ4n) is 2.23. The molecule has 0 amide bonds. The van der Waals surface area contributed by atoms with Gasteiger partial charge in [0.05, 0.1) is 0 Å². The Labute approximate surface area is 79.1 Å². The van der Waals surface area contributed by atoms with E-state index in [1.54, 1.807) is 0 Å². The zero-order valence-corrected chi connectivity index (χ0v) is 8.72. The van der Waals surface area contributed by atoms with Crippen LogP contribution in [0.5, 0.6) is 0 Å². The molecular formula is C11H17NO. The van der Waals surface area contributed by atoms with Gasteiger partial charge in [-0.1, -0.05) is 13.8 Å². The Morgan fingerprint density at radius 1 is 1.38 bits per heavy atom. The highest BCUT2D eigenvalue weighted by Crippen LogP contribution is 2.58. The standard InChI is InChI=1S/C11H17NO/c1-6-5-8(7(2)13-6)9-10(12)11(9,3)4/h5,9-10H,12H2,1-4H3/t9-,10-/m1/s1. The maximum Gasteiger partial charge on any atom is 0.104 e. The van der Waals surface area contributed by atoms with E-state index in [4.69, 9.17) is 10.2 Å². The maximum atomic E-state index is 6.01. The molecule has 1 heterocycles. The van der Waals surface area contributed by atoms with E-state index in [-0.39, 0.29) is 5.41 Å². The van der Waals surface area contributed by atoms with Crippen LogP contribution in [0.1, 0.15) is 36.8 Å². The van der Waals surface area contributed by atoms with Gasteiger partial charge in [0, 0.05) is 12.0 Å². The summed E-state index contributed by atoms with van der Waals surface area (Å²) in [7, 11) is 0. The van der Waals surface area contributed by atoms with Gasteiger partial charge in [-0.3, -0.25) is 0 Å². The molecule has 13 heavy (non-hydrogen) atoms. The van der Waals surface area contributed by atoms with Gasteiger partial charge in [0.25, 0.3) is 0 Å². The second kappa shape index (κ2) is 2.38. The highest BCUT2D eigenvalue weighted by atomic mass is 16.3. The molecule has 2 atom stereocenters. The zero-order chi connectivity index (χ0) is 9.80. The predicted molar refractivity (Wildman–Crippen MR) is 52.7 cm³/mol. The Bertz CT molecular complexity index is 338. The first-order chi connectivity index (χ1) is 5.94. The minimum Gasteiger partial charge on any atom is -0.466 e. The summed E-state index contributed by atoms with van der Waals surface area (Å²) in [5.41, 5.74) is 7.56. The lowest BCUT2D eigenvalue weighted by Gasteiger charge is -1.99. The summed E-state index contributed by atoms with van der Waals surface area (Å²) in [5.74, 6) is 2.51. The minimum atomic E-state index is 0.251. The van der Waals surface area contributed by atoms with Crippen LogP contribution in [0.3, 0.4) is 0 Å². The number of nitrogens with two attached hydrogens (primary N) is 1. The van der Waals surface area contributed by atoms with Gasteiger partial charge >= 0.3 is 0 Å². The molecule has 0 aliphatic heterocycles. The zero-order valence-electron chi connectivity index (χ0n) is 8.72. The molecule has 1 fully saturated rings. The van der Waals surface area contributed by atoms with Gasteiger partial charge in [0.15, 0.2) is 0 Å². The van der Waals surface area contributed by atoms with Crippen molar-refractivity contribution in [2.24, 2.45) is 11.1 Å². The van der Waals surface area contributed by atoms with Gasteiger partial charge in [-0.25, -0.2) is 0 Å². The molecule has 2 heteroatoms. The Kier molecular flexibility index (Phi) is 1.62. The van der Waals surface area contributed by atoms with Crippen molar-refractivity contribution in [3.05, 3.63) is 23.2 Å². The first kappa shape index (κ1) is 8.82. The van der Waals surface area contributed by atoms with Gasteiger partial charge in [-0.05, 0) is 30.9 Å². The topological polar surface area (TPSA) is 39.2 Å². The fourth-order valence-corrected chi connectivity index (χ4v) is 2.23. The third kappa shape index (κ3) is 1.12. The molecule has 72 valence electrons. The minimum absolute atomic E-state index is 0.251. The summed E-state index contributed by atoms with van der Waals surface area (Å²) in [6, 6.07) is 2.41. The van der Waals surface area contributed by atoms with Crippen molar-refractivity contribution in [3.63, 3.8) is 0 Å². The molecule has 1 aliphatic rings. The number of hydrogen-bond acceptors (Lipinski definition) is 2. The Morgan fingerprint density at radius 2 is 1.92 bits per heavy atom. The van der Waals surface area contributed by atoms with Gasteiger partial charge in [-0.2, -0.15) is 0 Å². The molecule has 2 nitrogen and oxygen atoms in total. The molecule has 0 spiro atoms. The number of furan rings is 1. The van der Waals surface area contributed by atoms with Crippen LogP contribution in [-0.4, -0.2) is 6.04 Å². The number of rotatable bonds is 1. The molecule has 1 aromatic rings. The number of hydrogen-bond donors (Lipinski definition) is 1. The van der Waals surface area contributed by atoms with E-state index in [0.717, 1.165) is 11.5 Å². The van der Waals surface area contributed by atoms with Crippen molar-refractivity contribution in [2.45, 2.75) is 39.7 Å². The molecule has 0 aromatic carbocycles. The van der Waals surface area contributed by atoms with Gasteiger partial charge in [-0.15, -0.1) is 0 Å². The van der Waals surface area contributed by atoms with E-state index in [2.05, 4.69) is 19.9 Å². The molecule has 2 N–H and O–H groups in total. The molecule has 1 aromatic heterocycles. The van der Waals surface area contributed by atoms with Gasteiger partial charge in [0.2, 0.25) is 0 Å². The molecule has 0 unspecified atom stereocenters. The molecule has 0 saturated heterocycles. The van der Waals surface area contributed by atoms with Gasteiger partial charge in [0.1, 0.15) is 11.5 Å². The summed E-state index contributed by atoms with van der Waals surface area (Å²) in [5, 5.41) is 0. The van der Waals surface area contributed by atoms with E-state index in [9.17, 15) is 0 Å². The smallest absolute Gasteiger partial charge is 0.104 e. The predicted octanol–water partition coefficient (Wildman–Crippen LogP) is 2.35. The van der Waals surface area contributed by atoms with Crippen LogP contribution < -0.4 is 5.73 Å². The lowest BCUT2D eigenvalue weighted by atomic mass is 10.0. The SMILES string of the molecule is Cc1cc([C@@H]2[C@@H](N)C2(C)C)c(C)o1. The molecule has 0 radical (unpaired) electrons. The average Bonchev–Trinajstić information content (AvgIpc) is 2.36. The molecular weight excluding hydrogens is 162 g/mol. The first-order valence-electron chi connectivity index (χ1n) is 4.77. The fraction of sp³-hybridized carbons (Fsp3) is 0.636. The van der Waals surface area contributed by atoms with E-state index < -0.39 is 0 Å². The number of aryl methyl sites for hydroxylation is 2. The third-order valence-corrected chi connectivity index (χ3v) is 3.33. The van der Waals surface area contributed by atoms with Crippen LogP contribution in [0.2, 0.25) is 0 Å². The largest absolute Gasteiger partial charge is 0.466 e. The van der Waals surface area contributed by atoms with Crippen molar-refractivity contribution in [1.82, 2.24) is 0 Å². The second-order valence-electron chi connectivity index (χ2n) is 4.69. The summed E-state index contributed by atoms with van der Waals surface area (Å²) in [6.45, 7) is 8.43. The normalized spacial score (nSPS) is 30.5. The second-order valence-corrected chi connectivity index (χ2v) is 4.69. The first-order valence-corrected chi connectivity index (χ1v) is 4.77. The van der Waals surface area contributed by atoms with Crippen LogP contribution in [-0.2, 0) is 0 Å². The van der Waals surface area contributed by atoms with Gasteiger partial charge < -0.3 is 10.2 Å². The average molecular weight is 179 g/mol. The summed E-state index contributed by atoms with van der Waals surface area (Å²) in [6.07, 6.45) is 0. The molecule has 1 aliphatic carbocycles. The third-order valence-electron chi connectivity index (χ3n) is 3.33. The summed E-state index contributed by atoms with van der Waals surface area (Å²) in [4.78, 5) is 0. The van der Waals surface area contributed by atoms with E-state index >= 15 is 0 Å². The van der Waals surface area contributed by atoms with Crippen molar-refractivity contribution in [1.29, 1.82) is 0 Å².